The van der Waals surface area contributed by atoms with Crippen molar-refractivity contribution in [1.29, 1.82) is 0 Å². The van der Waals surface area contributed by atoms with Crippen LogP contribution in [0.3, 0.4) is 0 Å². The molecule has 0 bridgehead atoms. The molecule has 3 aromatic carbocycles. The van der Waals surface area contributed by atoms with Gasteiger partial charge in [-0.3, -0.25) is 14.5 Å². The maximum Gasteiger partial charge on any atom is 0.300 e. The van der Waals surface area contributed by atoms with Crippen molar-refractivity contribution in [3.05, 3.63) is 95.6 Å². The maximum absolute atomic E-state index is 13.2. The van der Waals surface area contributed by atoms with Gasteiger partial charge in [-0.25, -0.2) is 13.6 Å². The topological polar surface area (TPSA) is 127 Å². The van der Waals surface area contributed by atoms with Crippen LogP contribution in [0.25, 0.3) is 5.76 Å². The Kier molecular flexibility index (Phi) is 6.72. The second kappa shape index (κ2) is 9.73. The Morgan fingerprint density at radius 3 is 2.31 bits per heavy atom. The molecule has 1 fully saturated rings. The minimum Gasteiger partial charge on any atom is -0.507 e. The number of nitrogens with two attached hydrogens (primary N) is 1. The van der Waals surface area contributed by atoms with Crippen molar-refractivity contribution in [3.63, 3.8) is 0 Å². The summed E-state index contributed by atoms with van der Waals surface area (Å²) in [6, 6.07) is 19.9. The Balaban J connectivity index is 1.86. The van der Waals surface area contributed by atoms with E-state index in [2.05, 4.69) is 0 Å². The number of carbonyl (C=O) groups excluding carboxylic acids is 2. The Morgan fingerprint density at radius 1 is 1.00 bits per heavy atom. The van der Waals surface area contributed by atoms with Crippen molar-refractivity contribution >= 4 is 33.2 Å². The van der Waals surface area contributed by atoms with E-state index in [0.29, 0.717) is 23.5 Å². The van der Waals surface area contributed by atoms with Crippen LogP contribution in [0.4, 0.5) is 5.69 Å². The maximum atomic E-state index is 13.2. The summed E-state index contributed by atoms with van der Waals surface area (Å²) < 4.78 is 28.9. The number of Topliss-reactive ketones (excluding diaryl/α,β-unsaturated/α-hetero) is 1. The molecule has 0 spiro atoms. The average Bonchev–Trinajstić information content (AvgIpc) is 3.13. The van der Waals surface area contributed by atoms with Gasteiger partial charge in [-0.05, 0) is 48.4 Å². The van der Waals surface area contributed by atoms with Crippen LogP contribution in [-0.2, 0) is 19.6 Å². The molecule has 1 heterocycles. The van der Waals surface area contributed by atoms with Gasteiger partial charge < -0.3 is 9.84 Å². The molecule has 180 valence electrons. The van der Waals surface area contributed by atoms with Crippen molar-refractivity contribution in [1.82, 2.24) is 0 Å². The van der Waals surface area contributed by atoms with Crippen LogP contribution in [-0.4, -0.2) is 31.8 Å². The summed E-state index contributed by atoms with van der Waals surface area (Å²) in [6.07, 6.45) is 0.805. The number of hydrogen-bond donors (Lipinski definition) is 2. The molecule has 35 heavy (non-hydrogen) atoms. The zero-order valence-electron chi connectivity index (χ0n) is 18.9. The number of ketones is 1. The Labute approximate surface area is 203 Å². The first kappa shape index (κ1) is 24.2. The minimum atomic E-state index is -3.94. The van der Waals surface area contributed by atoms with E-state index in [1.165, 1.54) is 29.2 Å². The number of carbonyl (C=O) groups is 2. The van der Waals surface area contributed by atoms with Gasteiger partial charge in [-0.2, -0.15) is 0 Å². The van der Waals surface area contributed by atoms with Crippen LogP contribution in [0.15, 0.2) is 89.3 Å². The summed E-state index contributed by atoms with van der Waals surface area (Å²) in [5, 5.41) is 16.4. The number of sulfonamides is 1. The van der Waals surface area contributed by atoms with Crippen molar-refractivity contribution in [2.45, 2.75) is 24.3 Å². The van der Waals surface area contributed by atoms with Crippen molar-refractivity contribution in [2.75, 3.05) is 11.5 Å². The molecular weight excluding hydrogens is 468 g/mol. The average molecular weight is 493 g/mol. The number of aliphatic hydroxyl groups excluding tert-OH is 1. The van der Waals surface area contributed by atoms with Gasteiger partial charge in [0.2, 0.25) is 10.0 Å². The standard InChI is InChI=1S/C26H24N2O6S/c1-2-15-34-20-10-6-9-18(16-20)24(29)22-23(17-7-4-3-5-8-17)28(26(31)25(22)30)19-11-13-21(14-12-19)35(27,32)33/h3-14,16,23,29H,2,15H2,1H3,(H2,27,32,33)/b24-22+. The third-order valence-corrected chi connectivity index (χ3v) is 6.51. The van der Waals surface area contributed by atoms with E-state index < -0.39 is 27.8 Å². The van der Waals surface area contributed by atoms with Crippen LogP contribution < -0.4 is 14.8 Å². The highest BCUT2D eigenvalue weighted by Crippen LogP contribution is 2.42. The number of ether oxygens (including phenoxy) is 1. The normalized spacial score (nSPS) is 17.5. The first-order valence-electron chi connectivity index (χ1n) is 10.9. The number of aliphatic hydroxyl groups is 1. The molecule has 1 aliphatic rings. The highest BCUT2D eigenvalue weighted by atomic mass is 32.2. The summed E-state index contributed by atoms with van der Waals surface area (Å²) in [4.78, 5) is 27.5. The molecular formula is C26H24N2O6S. The molecule has 1 aliphatic heterocycles. The molecule has 1 saturated heterocycles. The summed E-state index contributed by atoms with van der Waals surface area (Å²) >= 11 is 0. The third kappa shape index (κ3) is 4.82. The number of benzene rings is 3. The first-order chi connectivity index (χ1) is 16.7. The van der Waals surface area contributed by atoms with E-state index in [-0.39, 0.29) is 21.9 Å². The highest BCUT2D eigenvalue weighted by molar-refractivity contribution is 7.89. The van der Waals surface area contributed by atoms with Gasteiger partial charge in [0.15, 0.2) is 0 Å². The van der Waals surface area contributed by atoms with Gasteiger partial charge in [-0.15, -0.1) is 0 Å². The van der Waals surface area contributed by atoms with Crippen molar-refractivity contribution < 1.29 is 27.9 Å². The van der Waals surface area contributed by atoms with Crippen LogP contribution >= 0.6 is 0 Å². The number of nitrogens with zero attached hydrogens (tertiary/aromatic N) is 1. The largest absolute Gasteiger partial charge is 0.507 e. The first-order valence-corrected chi connectivity index (χ1v) is 12.5. The predicted molar refractivity (Wildman–Crippen MR) is 131 cm³/mol. The van der Waals surface area contributed by atoms with Crippen LogP contribution in [0.5, 0.6) is 5.75 Å². The van der Waals surface area contributed by atoms with E-state index in [9.17, 15) is 23.1 Å². The summed E-state index contributed by atoms with van der Waals surface area (Å²) in [6.45, 7) is 2.47. The van der Waals surface area contributed by atoms with Gasteiger partial charge in [0.1, 0.15) is 11.5 Å². The number of primary sulfonamides is 1. The SMILES string of the molecule is CCCOc1cccc(/C(O)=C2\C(=O)C(=O)N(c3ccc(S(N)(=O)=O)cc3)C2c2ccccc2)c1. The molecule has 1 amide bonds. The summed E-state index contributed by atoms with van der Waals surface area (Å²) in [5.41, 5.74) is 1.14. The lowest BCUT2D eigenvalue weighted by Crippen LogP contribution is -2.29. The fourth-order valence-electron chi connectivity index (χ4n) is 3.95. The van der Waals surface area contributed by atoms with E-state index in [0.717, 1.165) is 6.42 Å². The minimum absolute atomic E-state index is 0.0793. The Bertz CT molecular complexity index is 1400. The Hall–Kier alpha value is -3.95. The molecule has 0 radical (unpaired) electrons. The quantitative estimate of drug-likeness (QED) is 0.294. The number of hydrogen-bond acceptors (Lipinski definition) is 6. The molecule has 1 unspecified atom stereocenters. The van der Waals surface area contributed by atoms with Gasteiger partial charge in [-0.1, -0.05) is 49.4 Å². The molecule has 0 aromatic heterocycles. The molecule has 9 heteroatoms. The molecule has 3 N–H and O–H groups in total. The number of rotatable bonds is 7. The predicted octanol–water partition coefficient (Wildman–Crippen LogP) is 3.75. The van der Waals surface area contributed by atoms with E-state index in [1.54, 1.807) is 54.6 Å². The molecule has 0 aliphatic carbocycles. The number of amides is 1. The highest BCUT2D eigenvalue weighted by Gasteiger charge is 2.47. The molecule has 8 nitrogen and oxygen atoms in total. The second-order valence-electron chi connectivity index (χ2n) is 7.99. The smallest absolute Gasteiger partial charge is 0.300 e. The van der Waals surface area contributed by atoms with E-state index >= 15 is 0 Å². The molecule has 0 saturated carbocycles. The lowest BCUT2D eigenvalue weighted by molar-refractivity contribution is -0.132. The molecule has 1 atom stereocenters. The van der Waals surface area contributed by atoms with E-state index in [1.807, 2.05) is 6.92 Å². The van der Waals surface area contributed by atoms with Crippen LogP contribution in [0.2, 0.25) is 0 Å². The fraction of sp³-hybridized carbons (Fsp3) is 0.154. The monoisotopic (exact) mass is 492 g/mol. The lowest BCUT2D eigenvalue weighted by Gasteiger charge is -2.25. The molecule has 3 aromatic rings. The zero-order valence-corrected chi connectivity index (χ0v) is 19.7. The van der Waals surface area contributed by atoms with Gasteiger partial charge >= 0.3 is 0 Å². The zero-order chi connectivity index (χ0) is 25.2. The van der Waals surface area contributed by atoms with Gasteiger partial charge in [0, 0.05) is 11.3 Å². The second-order valence-corrected chi connectivity index (χ2v) is 9.56. The summed E-state index contributed by atoms with van der Waals surface area (Å²) in [7, 11) is -3.94. The molecule has 4 rings (SSSR count). The van der Waals surface area contributed by atoms with Crippen molar-refractivity contribution in [2.24, 2.45) is 5.14 Å². The van der Waals surface area contributed by atoms with Crippen LogP contribution in [0.1, 0.15) is 30.5 Å². The fourth-order valence-corrected chi connectivity index (χ4v) is 4.47. The lowest BCUT2D eigenvalue weighted by atomic mass is 9.95. The van der Waals surface area contributed by atoms with Crippen LogP contribution in [0, 0.1) is 0 Å². The van der Waals surface area contributed by atoms with Crippen molar-refractivity contribution in [3.8, 4) is 5.75 Å². The van der Waals surface area contributed by atoms with Gasteiger partial charge in [0.25, 0.3) is 11.7 Å². The van der Waals surface area contributed by atoms with Gasteiger partial charge in [0.05, 0.1) is 23.1 Å². The summed E-state index contributed by atoms with van der Waals surface area (Å²) in [5.74, 6) is -1.50. The third-order valence-electron chi connectivity index (χ3n) is 5.58. The van der Waals surface area contributed by atoms with E-state index in [4.69, 9.17) is 9.88 Å². The Morgan fingerprint density at radius 2 is 1.69 bits per heavy atom. The number of anilines is 1.